The highest BCUT2D eigenvalue weighted by molar-refractivity contribution is 5.81. The lowest BCUT2D eigenvalue weighted by atomic mass is 9.90. The average Bonchev–Trinajstić information content (AvgIpc) is 2.91. The molecule has 4 heteroatoms. The van der Waals surface area contributed by atoms with Crippen molar-refractivity contribution in [2.24, 2.45) is 0 Å². The summed E-state index contributed by atoms with van der Waals surface area (Å²) in [4.78, 5) is 14.4. The Bertz CT molecular complexity index is 286. The van der Waals surface area contributed by atoms with Crippen LogP contribution in [0.15, 0.2) is 0 Å². The number of nitrogens with zero attached hydrogens (tertiary/aromatic N) is 1. The molecule has 2 heterocycles. The largest absolute Gasteiger partial charge is 0.374 e. The monoisotopic (exact) mass is 239 g/mol. The molecular formula is C13H21NO3. The first-order valence-corrected chi connectivity index (χ1v) is 6.90. The number of hydrogen-bond donors (Lipinski definition) is 0. The summed E-state index contributed by atoms with van der Waals surface area (Å²) >= 11 is 0. The van der Waals surface area contributed by atoms with Crippen LogP contribution in [0.1, 0.15) is 38.5 Å². The summed E-state index contributed by atoms with van der Waals surface area (Å²) in [6, 6.07) is 0.314. The molecule has 4 nitrogen and oxygen atoms in total. The fourth-order valence-corrected chi connectivity index (χ4v) is 3.33. The molecule has 0 radical (unpaired) electrons. The van der Waals surface area contributed by atoms with Gasteiger partial charge in [-0.1, -0.05) is 12.8 Å². The molecule has 0 bridgehead atoms. The van der Waals surface area contributed by atoms with Gasteiger partial charge in [0.2, 0.25) is 0 Å². The quantitative estimate of drug-likeness (QED) is 0.693. The first-order chi connectivity index (χ1) is 8.36. The van der Waals surface area contributed by atoms with Crippen molar-refractivity contribution in [3.63, 3.8) is 0 Å². The minimum Gasteiger partial charge on any atom is -0.374 e. The van der Waals surface area contributed by atoms with Gasteiger partial charge in [-0.05, 0) is 25.7 Å². The normalized spacial score (nSPS) is 37.9. The third kappa shape index (κ3) is 2.20. The van der Waals surface area contributed by atoms with E-state index in [4.69, 9.17) is 9.47 Å². The fourth-order valence-electron chi connectivity index (χ4n) is 3.33. The molecule has 1 amide bonds. The minimum atomic E-state index is -0.171. The molecule has 3 aliphatic rings. The summed E-state index contributed by atoms with van der Waals surface area (Å²) in [5, 5.41) is 0. The molecule has 3 fully saturated rings. The third-order valence-electron chi connectivity index (χ3n) is 4.22. The van der Waals surface area contributed by atoms with Gasteiger partial charge in [0, 0.05) is 13.2 Å². The Morgan fingerprint density at radius 2 is 1.88 bits per heavy atom. The number of amides is 1. The van der Waals surface area contributed by atoms with Crippen LogP contribution in [-0.4, -0.2) is 48.8 Å². The zero-order valence-corrected chi connectivity index (χ0v) is 10.3. The number of carbonyl (C=O) groups excluding carboxylic acids is 1. The van der Waals surface area contributed by atoms with E-state index in [0.29, 0.717) is 12.6 Å². The van der Waals surface area contributed by atoms with Gasteiger partial charge in [0.1, 0.15) is 6.10 Å². The van der Waals surface area contributed by atoms with E-state index in [2.05, 4.69) is 0 Å². The molecule has 1 saturated carbocycles. The molecule has 0 aromatic carbocycles. The average molecular weight is 239 g/mol. The Kier molecular flexibility index (Phi) is 3.34. The Balaban J connectivity index is 1.69. The standard InChI is InChI=1S/C13H21NO3/c15-13(12-6-3-8-16-12)14-7-9-17-11-5-2-1-4-10(11)14/h10-12H,1-9H2/t10-,11-,12-/m0/s1. The van der Waals surface area contributed by atoms with E-state index in [1.54, 1.807) is 0 Å². The number of ether oxygens (including phenoxy) is 2. The van der Waals surface area contributed by atoms with E-state index in [1.807, 2.05) is 4.90 Å². The maximum absolute atomic E-state index is 12.4. The number of rotatable bonds is 1. The van der Waals surface area contributed by atoms with Gasteiger partial charge in [-0.25, -0.2) is 0 Å². The summed E-state index contributed by atoms with van der Waals surface area (Å²) in [7, 11) is 0. The van der Waals surface area contributed by atoms with Gasteiger partial charge < -0.3 is 14.4 Å². The highest BCUT2D eigenvalue weighted by Gasteiger charge is 2.39. The van der Waals surface area contributed by atoms with Crippen molar-refractivity contribution >= 4 is 5.91 Å². The number of fused-ring (bicyclic) bond motifs is 1. The first kappa shape index (κ1) is 11.5. The van der Waals surface area contributed by atoms with E-state index in [0.717, 1.165) is 38.8 Å². The molecule has 2 saturated heterocycles. The van der Waals surface area contributed by atoms with Crippen LogP contribution >= 0.6 is 0 Å². The van der Waals surface area contributed by atoms with Crippen LogP contribution in [0, 0.1) is 0 Å². The van der Waals surface area contributed by atoms with Gasteiger partial charge in [0.05, 0.1) is 18.8 Å². The zero-order chi connectivity index (χ0) is 11.7. The smallest absolute Gasteiger partial charge is 0.252 e. The van der Waals surface area contributed by atoms with Crippen LogP contribution in [0.5, 0.6) is 0 Å². The van der Waals surface area contributed by atoms with E-state index in [-0.39, 0.29) is 18.1 Å². The van der Waals surface area contributed by atoms with Crippen LogP contribution in [0.3, 0.4) is 0 Å². The van der Waals surface area contributed by atoms with Crippen molar-refractivity contribution in [3.05, 3.63) is 0 Å². The van der Waals surface area contributed by atoms with Crippen molar-refractivity contribution in [3.8, 4) is 0 Å². The van der Waals surface area contributed by atoms with Crippen LogP contribution in [0.4, 0.5) is 0 Å². The minimum absolute atomic E-state index is 0.171. The van der Waals surface area contributed by atoms with E-state index in [9.17, 15) is 4.79 Å². The molecule has 1 aliphatic carbocycles. The Hall–Kier alpha value is -0.610. The Morgan fingerprint density at radius 3 is 2.71 bits per heavy atom. The summed E-state index contributed by atoms with van der Waals surface area (Å²) in [6.07, 6.45) is 6.70. The Morgan fingerprint density at radius 1 is 1.00 bits per heavy atom. The van der Waals surface area contributed by atoms with E-state index >= 15 is 0 Å². The Labute approximate surface area is 102 Å². The maximum Gasteiger partial charge on any atom is 0.252 e. The van der Waals surface area contributed by atoms with Crippen molar-refractivity contribution in [2.75, 3.05) is 19.8 Å². The molecule has 2 aliphatic heterocycles. The molecule has 3 atom stereocenters. The van der Waals surface area contributed by atoms with Gasteiger partial charge in [-0.15, -0.1) is 0 Å². The molecule has 96 valence electrons. The molecule has 3 rings (SSSR count). The lowest BCUT2D eigenvalue weighted by Crippen LogP contribution is -2.57. The van der Waals surface area contributed by atoms with E-state index < -0.39 is 0 Å². The van der Waals surface area contributed by atoms with Gasteiger partial charge in [0.15, 0.2) is 0 Å². The maximum atomic E-state index is 12.4. The highest BCUT2D eigenvalue weighted by Crippen LogP contribution is 2.29. The van der Waals surface area contributed by atoms with Crippen LogP contribution in [0.25, 0.3) is 0 Å². The number of morpholine rings is 1. The number of hydrogen-bond acceptors (Lipinski definition) is 3. The predicted molar refractivity (Wildman–Crippen MR) is 62.7 cm³/mol. The molecule has 17 heavy (non-hydrogen) atoms. The lowest BCUT2D eigenvalue weighted by molar-refractivity contribution is -0.158. The lowest BCUT2D eigenvalue weighted by Gasteiger charge is -2.44. The summed E-state index contributed by atoms with van der Waals surface area (Å²) < 4.78 is 11.3. The van der Waals surface area contributed by atoms with Gasteiger partial charge >= 0.3 is 0 Å². The van der Waals surface area contributed by atoms with Gasteiger partial charge in [-0.2, -0.15) is 0 Å². The van der Waals surface area contributed by atoms with Crippen molar-refractivity contribution in [1.82, 2.24) is 4.90 Å². The predicted octanol–water partition coefficient (Wildman–Crippen LogP) is 1.34. The molecular weight excluding hydrogens is 218 g/mol. The van der Waals surface area contributed by atoms with Crippen LogP contribution < -0.4 is 0 Å². The number of carbonyl (C=O) groups is 1. The highest BCUT2D eigenvalue weighted by atomic mass is 16.5. The summed E-state index contributed by atoms with van der Waals surface area (Å²) in [5.74, 6) is 0.211. The SMILES string of the molecule is O=C([C@@H]1CCCO1)N1CCO[C@H]2CCCC[C@@H]21. The summed E-state index contributed by atoms with van der Waals surface area (Å²) in [5.41, 5.74) is 0. The second-order valence-electron chi connectivity index (χ2n) is 5.29. The van der Waals surface area contributed by atoms with Crippen LogP contribution in [-0.2, 0) is 14.3 Å². The van der Waals surface area contributed by atoms with Crippen molar-refractivity contribution < 1.29 is 14.3 Å². The molecule has 0 unspecified atom stereocenters. The summed E-state index contributed by atoms with van der Waals surface area (Å²) in [6.45, 7) is 2.19. The van der Waals surface area contributed by atoms with Crippen molar-refractivity contribution in [2.45, 2.75) is 56.8 Å². The fraction of sp³-hybridized carbons (Fsp3) is 0.923. The first-order valence-electron chi connectivity index (χ1n) is 6.90. The third-order valence-corrected chi connectivity index (χ3v) is 4.22. The molecule has 0 aromatic rings. The molecule has 0 aromatic heterocycles. The molecule has 0 spiro atoms. The second kappa shape index (κ2) is 4.94. The van der Waals surface area contributed by atoms with Crippen molar-refractivity contribution in [1.29, 1.82) is 0 Å². The van der Waals surface area contributed by atoms with Crippen LogP contribution in [0.2, 0.25) is 0 Å². The zero-order valence-electron chi connectivity index (χ0n) is 10.3. The van der Waals surface area contributed by atoms with E-state index in [1.165, 1.54) is 12.8 Å². The topological polar surface area (TPSA) is 38.8 Å². The van der Waals surface area contributed by atoms with Gasteiger partial charge in [-0.3, -0.25) is 4.79 Å². The van der Waals surface area contributed by atoms with Gasteiger partial charge in [0.25, 0.3) is 5.91 Å². The second-order valence-corrected chi connectivity index (χ2v) is 5.29. The molecule has 0 N–H and O–H groups in total.